The molecule has 0 unspecified atom stereocenters. The Kier molecular flexibility index (Phi) is 5.89. The van der Waals surface area contributed by atoms with Crippen LogP contribution in [-0.4, -0.2) is 81.9 Å². The summed E-state index contributed by atoms with van der Waals surface area (Å²) >= 11 is 0. The van der Waals surface area contributed by atoms with Crippen molar-refractivity contribution in [1.82, 2.24) is 29.6 Å². The summed E-state index contributed by atoms with van der Waals surface area (Å²) in [5, 5.41) is 12.5. The molecule has 0 N–H and O–H groups in total. The molecule has 0 spiro atoms. The van der Waals surface area contributed by atoms with Crippen LogP contribution in [0.25, 0.3) is 5.65 Å². The van der Waals surface area contributed by atoms with E-state index in [1.54, 1.807) is 18.0 Å². The fourth-order valence-electron chi connectivity index (χ4n) is 4.62. The first-order valence-electron chi connectivity index (χ1n) is 11.3. The molecule has 168 valence electrons. The zero-order valence-corrected chi connectivity index (χ0v) is 18.4. The van der Waals surface area contributed by atoms with Crippen molar-refractivity contribution in [2.45, 2.75) is 19.4 Å². The van der Waals surface area contributed by atoms with Gasteiger partial charge in [0.2, 0.25) is 5.91 Å². The predicted octanol–water partition coefficient (Wildman–Crippen LogP) is 1.69. The van der Waals surface area contributed by atoms with Gasteiger partial charge in [-0.25, -0.2) is 0 Å². The molecular formula is C23H29N7O2. The Morgan fingerprint density at radius 1 is 1.00 bits per heavy atom. The van der Waals surface area contributed by atoms with E-state index in [-0.39, 0.29) is 5.92 Å². The molecule has 0 radical (unpaired) electrons. The maximum atomic E-state index is 13.1. The SMILES string of the molecule is COc1ccc(CN2CCN(C(=O)C3CCN(c4ccc5nncn5n4)CC3)CC2)cc1. The first-order valence-corrected chi connectivity index (χ1v) is 11.3. The summed E-state index contributed by atoms with van der Waals surface area (Å²) in [7, 11) is 1.68. The van der Waals surface area contributed by atoms with E-state index in [4.69, 9.17) is 4.74 Å². The van der Waals surface area contributed by atoms with Crippen LogP contribution in [-0.2, 0) is 11.3 Å². The van der Waals surface area contributed by atoms with Crippen LogP contribution in [0.1, 0.15) is 18.4 Å². The van der Waals surface area contributed by atoms with Crippen LogP contribution in [0.3, 0.4) is 0 Å². The van der Waals surface area contributed by atoms with Gasteiger partial charge in [-0.3, -0.25) is 9.69 Å². The van der Waals surface area contributed by atoms with Crippen molar-refractivity contribution < 1.29 is 9.53 Å². The van der Waals surface area contributed by atoms with Gasteiger partial charge in [-0.2, -0.15) is 4.52 Å². The van der Waals surface area contributed by atoms with Gasteiger partial charge in [0, 0.05) is 51.7 Å². The van der Waals surface area contributed by atoms with Crippen LogP contribution < -0.4 is 9.64 Å². The molecule has 1 aromatic carbocycles. The molecule has 2 aliphatic rings. The second kappa shape index (κ2) is 9.12. The van der Waals surface area contributed by atoms with E-state index in [0.29, 0.717) is 5.91 Å². The molecule has 4 heterocycles. The quantitative estimate of drug-likeness (QED) is 0.603. The van der Waals surface area contributed by atoms with Gasteiger partial charge >= 0.3 is 0 Å². The zero-order chi connectivity index (χ0) is 21.9. The van der Waals surface area contributed by atoms with Gasteiger partial charge in [0.25, 0.3) is 0 Å². The normalized spacial score (nSPS) is 18.3. The highest BCUT2D eigenvalue weighted by atomic mass is 16.5. The molecule has 0 saturated carbocycles. The molecule has 9 heteroatoms. The third-order valence-corrected chi connectivity index (χ3v) is 6.56. The van der Waals surface area contributed by atoms with Gasteiger partial charge in [0.05, 0.1) is 7.11 Å². The molecule has 2 saturated heterocycles. The Bertz CT molecular complexity index is 1050. The smallest absolute Gasteiger partial charge is 0.225 e. The second-order valence-corrected chi connectivity index (χ2v) is 8.54. The van der Waals surface area contributed by atoms with Gasteiger partial charge in [-0.1, -0.05) is 12.1 Å². The molecule has 32 heavy (non-hydrogen) atoms. The van der Waals surface area contributed by atoms with E-state index in [0.717, 1.165) is 75.9 Å². The minimum absolute atomic E-state index is 0.109. The number of methoxy groups -OCH3 is 1. The molecule has 0 aliphatic carbocycles. The Morgan fingerprint density at radius 2 is 1.75 bits per heavy atom. The van der Waals surface area contributed by atoms with Gasteiger partial charge in [0.1, 0.15) is 17.9 Å². The monoisotopic (exact) mass is 435 g/mol. The summed E-state index contributed by atoms with van der Waals surface area (Å²) < 4.78 is 6.92. The predicted molar refractivity (Wildman–Crippen MR) is 121 cm³/mol. The minimum atomic E-state index is 0.109. The van der Waals surface area contributed by atoms with Crippen molar-refractivity contribution in [3.05, 3.63) is 48.3 Å². The number of aromatic nitrogens is 4. The fourth-order valence-corrected chi connectivity index (χ4v) is 4.62. The van der Waals surface area contributed by atoms with Gasteiger partial charge < -0.3 is 14.5 Å². The second-order valence-electron chi connectivity index (χ2n) is 8.54. The summed E-state index contributed by atoms with van der Waals surface area (Å²) in [6.45, 7) is 6.04. The highest BCUT2D eigenvalue weighted by Gasteiger charge is 2.31. The molecule has 2 aliphatic heterocycles. The Hall–Kier alpha value is -3.20. The minimum Gasteiger partial charge on any atom is -0.497 e. The molecule has 3 aromatic rings. The number of amides is 1. The number of rotatable bonds is 5. The summed E-state index contributed by atoms with van der Waals surface area (Å²) in [4.78, 5) is 19.8. The molecule has 2 fully saturated rings. The van der Waals surface area contributed by atoms with Crippen molar-refractivity contribution in [2.24, 2.45) is 5.92 Å². The van der Waals surface area contributed by atoms with E-state index in [2.05, 4.69) is 42.1 Å². The van der Waals surface area contributed by atoms with Crippen LogP contribution in [0.15, 0.2) is 42.7 Å². The van der Waals surface area contributed by atoms with Crippen molar-refractivity contribution in [2.75, 3.05) is 51.3 Å². The number of carbonyl (C=O) groups is 1. The number of fused-ring (bicyclic) bond motifs is 1. The van der Waals surface area contributed by atoms with E-state index in [1.807, 2.05) is 24.3 Å². The highest BCUT2D eigenvalue weighted by Crippen LogP contribution is 2.24. The fraction of sp³-hybridized carbons (Fsp3) is 0.478. The lowest BCUT2D eigenvalue weighted by molar-refractivity contribution is -0.138. The summed E-state index contributed by atoms with van der Waals surface area (Å²) in [5.41, 5.74) is 2.01. The average molecular weight is 436 g/mol. The van der Waals surface area contributed by atoms with Crippen molar-refractivity contribution in [1.29, 1.82) is 0 Å². The number of anilines is 1. The Morgan fingerprint density at radius 3 is 2.47 bits per heavy atom. The average Bonchev–Trinajstić information content (AvgIpc) is 3.33. The zero-order valence-electron chi connectivity index (χ0n) is 18.4. The highest BCUT2D eigenvalue weighted by molar-refractivity contribution is 5.79. The number of piperidine rings is 1. The van der Waals surface area contributed by atoms with E-state index in [9.17, 15) is 4.79 Å². The van der Waals surface area contributed by atoms with Gasteiger partial charge in [-0.15, -0.1) is 15.3 Å². The Balaban J connectivity index is 1.10. The molecule has 9 nitrogen and oxygen atoms in total. The third-order valence-electron chi connectivity index (χ3n) is 6.56. The number of carbonyl (C=O) groups excluding carboxylic acids is 1. The number of hydrogen-bond donors (Lipinski definition) is 0. The van der Waals surface area contributed by atoms with Gasteiger partial charge in [-0.05, 0) is 42.7 Å². The maximum absolute atomic E-state index is 13.1. The first-order chi connectivity index (χ1) is 15.7. The standard InChI is InChI=1S/C23H29N7O2/c1-32-20-4-2-18(3-5-20)16-27-12-14-29(15-13-27)23(31)19-8-10-28(11-9-19)22-7-6-21-25-24-17-30(21)26-22/h2-7,17,19H,8-16H2,1H3. The largest absolute Gasteiger partial charge is 0.497 e. The molecule has 0 atom stereocenters. The number of benzene rings is 1. The van der Waals surface area contributed by atoms with Crippen molar-refractivity contribution in [3.63, 3.8) is 0 Å². The van der Waals surface area contributed by atoms with Crippen LogP contribution in [0.2, 0.25) is 0 Å². The van der Waals surface area contributed by atoms with Gasteiger partial charge in [0.15, 0.2) is 5.65 Å². The third kappa shape index (κ3) is 4.38. The summed E-state index contributed by atoms with van der Waals surface area (Å²) in [6.07, 6.45) is 3.35. The molecule has 0 bridgehead atoms. The topological polar surface area (TPSA) is 79.1 Å². The van der Waals surface area contributed by atoms with E-state index < -0.39 is 0 Å². The molecule has 1 amide bonds. The van der Waals surface area contributed by atoms with E-state index >= 15 is 0 Å². The summed E-state index contributed by atoms with van der Waals surface area (Å²) in [5.74, 6) is 2.22. The van der Waals surface area contributed by atoms with Crippen molar-refractivity contribution in [3.8, 4) is 5.75 Å². The lowest BCUT2D eigenvalue weighted by Gasteiger charge is -2.38. The molecular weight excluding hydrogens is 406 g/mol. The first kappa shape index (κ1) is 20.7. The van der Waals surface area contributed by atoms with E-state index in [1.165, 1.54) is 5.56 Å². The molecule has 2 aromatic heterocycles. The Labute approximate surface area is 187 Å². The van der Waals surface area contributed by atoms with Crippen LogP contribution in [0.4, 0.5) is 5.82 Å². The number of ether oxygens (including phenoxy) is 1. The lowest BCUT2D eigenvalue weighted by Crippen LogP contribution is -2.51. The molecule has 5 rings (SSSR count). The van der Waals surface area contributed by atoms with Crippen molar-refractivity contribution >= 4 is 17.4 Å². The number of hydrogen-bond acceptors (Lipinski definition) is 7. The van der Waals surface area contributed by atoms with Crippen LogP contribution in [0.5, 0.6) is 5.75 Å². The summed E-state index contributed by atoms with van der Waals surface area (Å²) in [6, 6.07) is 12.1. The number of nitrogens with zero attached hydrogens (tertiary/aromatic N) is 7. The van der Waals surface area contributed by atoms with Crippen LogP contribution in [0, 0.1) is 5.92 Å². The lowest BCUT2D eigenvalue weighted by atomic mass is 9.95. The maximum Gasteiger partial charge on any atom is 0.225 e. The van der Waals surface area contributed by atoms with Crippen LogP contribution >= 0.6 is 0 Å². The number of piperazine rings is 1.